The predicted molar refractivity (Wildman–Crippen MR) is 92.0 cm³/mol. The van der Waals surface area contributed by atoms with Gasteiger partial charge in [-0.2, -0.15) is 0 Å². The van der Waals surface area contributed by atoms with E-state index in [9.17, 15) is 0 Å². The number of benzene rings is 1. The van der Waals surface area contributed by atoms with Crippen LogP contribution in [0.3, 0.4) is 0 Å². The molecule has 3 heteroatoms. The molecule has 0 aliphatic rings. The Kier molecular flexibility index (Phi) is 6.64. The van der Waals surface area contributed by atoms with Crippen molar-refractivity contribution in [3.63, 3.8) is 0 Å². The Morgan fingerprint density at radius 2 is 1.80 bits per heavy atom. The molecule has 1 aromatic heterocycles. The van der Waals surface area contributed by atoms with Crippen molar-refractivity contribution in [1.29, 1.82) is 0 Å². The zero-order chi connectivity index (χ0) is 14.2. The van der Waals surface area contributed by atoms with Crippen molar-refractivity contribution in [3.05, 3.63) is 52.2 Å². The highest BCUT2D eigenvalue weighted by Gasteiger charge is 2.10. The van der Waals surface area contributed by atoms with Gasteiger partial charge in [0.25, 0.3) is 0 Å². The van der Waals surface area contributed by atoms with Crippen molar-refractivity contribution < 1.29 is 0 Å². The molecular formula is C17H23NS2. The lowest BCUT2D eigenvalue weighted by Gasteiger charge is -2.16. The standard InChI is InChI=1S/C17H23NS2/c1-3-15-10-11-17(20-15)12-14(18-4-2)13-19-16-8-6-5-7-9-16/h5-11,14,18H,3-4,12-13H2,1-2H3. The maximum absolute atomic E-state index is 3.61. The van der Waals surface area contributed by atoms with Gasteiger partial charge >= 0.3 is 0 Å². The summed E-state index contributed by atoms with van der Waals surface area (Å²) in [7, 11) is 0. The summed E-state index contributed by atoms with van der Waals surface area (Å²) in [4.78, 5) is 4.35. The molecule has 0 spiro atoms. The molecule has 20 heavy (non-hydrogen) atoms. The molecule has 0 aliphatic heterocycles. The van der Waals surface area contributed by atoms with E-state index in [0.717, 1.165) is 25.1 Å². The van der Waals surface area contributed by atoms with E-state index in [0.29, 0.717) is 6.04 Å². The molecule has 0 saturated heterocycles. The Bertz CT molecular complexity index is 493. The second-order valence-corrected chi connectivity index (χ2v) is 7.15. The number of rotatable bonds is 8. The number of thiophene rings is 1. The highest BCUT2D eigenvalue weighted by molar-refractivity contribution is 7.99. The molecule has 108 valence electrons. The van der Waals surface area contributed by atoms with Crippen molar-refractivity contribution in [2.45, 2.75) is 37.6 Å². The third-order valence-electron chi connectivity index (χ3n) is 3.20. The summed E-state index contributed by atoms with van der Waals surface area (Å²) in [5.41, 5.74) is 0. The van der Waals surface area contributed by atoms with Crippen molar-refractivity contribution >= 4 is 23.1 Å². The number of hydrogen-bond donors (Lipinski definition) is 1. The zero-order valence-electron chi connectivity index (χ0n) is 12.3. The summed E-state index contributed by atoms with van der Waals surface area (Å²) in [6.45, 7) is 5.45. The fourth-order valence-corrected chi connectivity index (χ4v) is 4.17. The van der Waals surface area contributed by atoms with E-state index in [1.165, 1.54) is 14.6 Å². The second kappa shape index (κ2) is 8.50. The molecule has 0 aliphatic carbocycles. The van der Waals surface area contributed by atoms with E-state index in [-0.39, 0.29) is 0 Å². The summed E-state index contributed by atoms with van der Waals surface area (Å²) in [6.07, 6.45) is 2.29. The minimum atomic E-state index is 0.550. The summed E-state index contributed by atoms with van der Waals surface area (Å²) < 4.78 is 0. The molecule has 1 aromatic carbocycles. The van der Waals surface area contributed by atoms with E-state index in [2.05, 4.69) is 61.6 Å². The normalized spacial score (nSPS) is 12.5. The van der Waals surface area contributed by atoms with Crippen LogP contribution in [0.25, 0.3) is 0 Å². The first-order valence-corrected chi connectivity index (χ1v) is 9.10. The monoisotopic (exact) mass is 305 g/mol. The SMILES string of the molecule is CCNC(CSc1ccccc1)Cc1ccc(CC)s1. The second-order valence-electron chi connectivity index (χ2n) is 4.80. The number of nitrogens with one attached hydrogen (secondary N) is 1. The van der Waals surface area contributed by atoms with Gasteiger partial charge in [-0.15, -0.1) is 23.1 Å². The van der Waals surface area contributed by atoms with Crippen LogP contribution >= 0.6 is 23.1 Å². The van der Waals surface area contributed by atoms with Gasteiger partial charge in [-0.1, -0.05) is 32.0 Å². The van der Waals surface area contributed by atoms with Crippen LogP contribution in [0.1, 0.15) is 23.6 Å². The topological polar surface area (TPSA) is 12.0 Å². The Balaban J connectivity index is 1.89. The molecule has 1 N–H and O–H groups in total. The highest BCUT2D eigenvalue weighted by atomic mass is 32.2. The van der Waals surface area contributed by atoms with E-state index >= 15 is 0 Å². The van der Waals surface area contributed by atoms with Crippen molar-refractivity contribution in [2.24, 2.45) is 0 Å². The average Bonchev–Trinajstić information content (AvgIpc) is 2.94. The maximum atomic E-state index is 3.61. The Morgan fingerprint density at radius 1 is 1.05 bits per heavy atom. The van der Waals surface area contributed by atoms with Gasteiger partial charge in [-0.05, 0) is 43.7 Å². The largest absolute Gasteiger partial charge is 0.313 e. The van der Waals surface area contributed by atoms with Crippen LogP contribution in [-0.4, -0.2) is 18.3 Å². The number of hydrogen-bond acceptors (Lipinski definition) is 3. The molecule has 0 bridgehead atoms. The fraction of sp³-hybridized carbons (Fsp3) is 0.412. The molecule has 1 heterocycles. The molecule has 0 amide bonds. The van der Waals surface area contributed by atoms with E-state index in [4.69, 9.17) is 0 Å². The van der Waals surface area contributed by atoms with Gasteiger partial charge in [-0.3, -0.25) is 0 Å². The average molecular weight is 306 g/mol. The first kappa shape index (κ1) is 15.6. The molecule has 2 rings (SSSR count). The lowest BCUT2D eigenvalue weighted by Crippen LogP contribution is -2.32. The van der Waals surface area contributed by atoms with Crippen LogP contribution in [0.15, 0.2) is 47.4 Å². The van der Waals surface area contributed by atoms with E-state index < -0.39 is 0 Å². The van der Waals surface area contributed by atoms with Crippen LogP contribution in [0.2, 0.25) is 0 Å². The Hall–Kier alpha value is -0.770. The van der Waals surface area contributed by atoms with Gasteiger partial charge in [-0.25, -0.2) is 0 Å². The lowest BCUT2D eigenvalue weighted by molar-refractivity contribution is 0.576. The van der Waals surface area contributed by atoms with Crippen LogP contribution in [0.5, 0.6) is 0 Å². The predicted octanol–water partition coefficient (Wildman–Crippen LogP) is 4.62. The van der Waals surface area contributed by atoms with E-state index in [1.807, 2.05) is 23.1 Å². The van der Waals surface area contributed by atoms with Crippen molar-refractivity contribution in [3.8, 4) is 0 Å². The first-order chi connectivity index (χ1) is 9.81. The number of thioether (sulfide) groups is 1. The summed E-state index contributed by atoms with van der Waals surface area (Å²) in [6, 6.07) is 15.8. The molecule has 1 atom stereocenters. The molecule has 1 nitrogen and oxygen atoms in total. The van der Waals surface area contributed by atoms with Gasteiger partial charge in [0, 0.05) is 26.4 Å². The Labute approximate surface area is 130 Å². The molecule has 1 unspecified atom stereocenters. The van der Waals surface area contributed by atoms with Crippen LogP contribution < -0.4 is 5.32 Å². The van der Waals surface area contributed by atoms with Gasteiger partial charge in [0.1, 0.15) is 0 Å². The third-order valence-corrected chi connectivity index (χ3v) is 5.63. The summed E-state index contributed by atoms with van der Waals surface area (Å²) in [5, 5.41) is 3.61. The van der Waals surface area contributed by atoms with Gasteiger partial charge in [0.05, 0.1) is 0 Å². The molecule has 2 aromatic rings. The fourth-order valence-electron chi connectivity index (χ4n) is 2.16. The van der Waals surface area contributed by atoms with Gasteiger partial charge < -0.3 is 5.32 Å². The van der Waals surface area contributed by atoms with Crippen molar-refractivity contribution in [2.75, 3.05) is 12.3 Å². The quantitative estimate of drug-likeness (QED) is 0.714. The number of likely N-dealkylation sites (N-methyl/N-ethyl adjacent to an activating group) is 1. The summed E-state index contributed by atoms with van der Waals surface area (Å²) in [5.74, 6) is 1.12. The minimum absolute atomic E-state index is 0.550. The van der Waals surface area contributed by atoms with Crippen LogP contribution in [0.4, 0.5) is 0 Å². The number of aryl methyl sites for hydroxylation is 1. The third kappa shape index (κ3) is 4.97. The molecule has 0 radical (unpaired) electrons. The summed E-state index contributed by atoms with van der Waals surface area (Å²) >= 11 is 3.90. The lowest BCUT2D eigenvalue weighted by atomic mass is 10.2. The Morgan fingerprint density at radius 3 is 2.45 bits per heavy atom. The molecular weight excluding hydrogens is 282 g/mol. The van der Waals surface area contributed by atoms with Gasteiger partial charge in [0.15, 0.2) is 0 Å². The molecule has 0 saturated carbocycles. The maximum Gasteiger partial charge on any atom is 0.0209 e. The highest BCUT2D eigenvalue weighted by Crippen LogP contribution is 2.22. The van der Waals surface area contributed by atoms with E-state index in [1.54, 1.807) is 0 Å². The molecule has 0 fully saturated rings. The van der Waals surface area contributed by atoms with Gasteiger partial charge in [0.2, 0.25) is 0 Å². The minimum Gasteiger partial charge on any atom is -0.313 e. The van der Waals surface area contributed by atoms with Crippen LogP contribution in [0, 0.1) is 0 Å². The zero-order valence-corrected chi connectivity index (χ0v) is 13.9. The van der Waals surface area contributed by atoms with Crippen molar-refractivity contribution in [1.82, 2.24) is 5.32 Å². The smallest absolute Gasteiger partial charge is 0.0209 e. The first-order valence-electron chi connectivity index (χ1n) is 7.30. The van der Waals surface area contributed by atoms with Crippen LogP contribution in [-0.2, 0) is 12.8 Å².